The topological polar surface area (TPSA) is 9.23 Å². The van der Waals surface area contributed by atoms with Gasteiger partial charge in [-0.05, 0) is 6.42 Å². The molecule has 0 aliphatic heterocycles. The number of rotatable bonds is 2. The standard InChI is InChI=1S/C4H10O.Ti/c1-3-4-5-2;/h3-4H2,1-2H3;. The van der Waals surface area contributed by atoms with Crippen molar-refractivity contribution in [2.45, 2.75) is 13.3 Å². The fourth-order valence-corrected chi connectivity index (χ4v) is 0.204. The van der Waals surface area contributed by atoms with Crippen LogP contribution in [0.2, 0.25) is 0 Å². The largest absolute Gasteiger partial charge is 0.385 e. The Morgan fingerprint density at radius 3 is 2.00 bits per heavy atom. The molecule has 0 aromatic heterocycles. The van der Waals surface area contributed by atoms with Crippen molar-refractivity contribution in [3.05, 3.63) is 0 Å². The first-order valence-corrected chi connectivity index (χ1v) is 1.90. The van der Waals surface area contributed by atoms with Crippen LogP contribution >= 0.6 is 0 Å². The van der Waals surface area contributed by atoms with Crippen molar-refractivity contribution in [2.75, 3.05) is 13.7 Å². The Morgan fingerprint density at radius 1 is 1.50 bits per heavy atom. The second-order valence-electron chi connectivity index (χ2n) is 0.993. The third-order valence-corrected chi connectivity index (χ3v) is 0.408. The van der Waals surface area contributed by atoms with Gasteiger partial charge in [-0.2, -0.15) is 0 Å². The molecule has 0 atom stereocenters. The van der Waals surface area contributed by atoms with Crippen molar-refractivity contribution in [3.63, 3.8) is 0 Å². The summed E-state index contributed by atoms with van der Waals surface area (Å²) in [6.07, 6.45) is 1.12. The first-order valence-electron chi connectivity index (χ1n) is 1.90. The van der Waals surface area contributed by atoms with E-state index in [1.807, 2.05) is 0 Å². The summed E-state index contributed by atoms with van der Waals surface area (Å²) in [6, 6.07) is 0. The quantitative estimate of drug-likeness (QED) is 0.497. The Morgan fingerprint density at radius 2 is 2.00 bits per heavy atom. The molecule has 1 nitrogen and oxygen atoms in total. The van der Waals surface area contributed by atoms with Gasteiger partial charge < -0.3 is 4.74 Å². The van der Waals surface area contributed by atoms with Gasteiger partial charge in [0.1, 0.15) is 0 Å². The van der Waals surface area contributed by atoms with Gasteiger partial charge in [0.05, 0.1) is 0 Å². The van der Waals surface area contributed by atoms with Crippen molar-refractivity contribution in [3.8, 4) is 0 Å². The minimum Gasteiger partial charge on any atom is -0.385 e. The van der Waals surface area contributed by atoms with E-state index >= 15 is 0 Å². The van der Waals surface area contributed by atoms with E-state index in [-0.39, 0.29) is 21.7 Å². The van der Waals surface area contributed by atoms with Crippen molar-refractivity contribution in [1.82, 2.24) is 0 Å². The molecule has 0 spiro atoms. The molecule has 0 radical (unpaired) electrons. The Kier molecular flexibility index (Phi) is 15.1. The maximum absolute atomic E-state index is 4.69. The molecule has 0 amide bonds. The van der Waals surface area contributed by atoms with E-state index in [4.69, 9.17) is 4.74 Å². The number of methoxy groups -OCH3 is 1. The normalized spacial score (nSPS) is 7.00. The van der Waals surface area contributed by atoms with Crippen LogP contribution < -0.4 is 0 Å². The first kappa shape index (κ1) is 9.84. The smallest absolute Gasteiger partial charge is 0.0459 e. The molecule has 0 heterocycles. The summed E-state index contributed by atoms with van der Waals surface area (Å²) >= 11 is 0. The fourth-order valence-electron chi connectivity index (χ4n) is 0.204. The predicted octanol–water partition coefficient (Wildman–Crippen LogP) is 1.04. The van der Waals surface area contributed by atoms with E-state index < -0.39 is 0 Å². The molecule has 0 bridgehead atoms. The molecular formula is C4H10OTi. The van der Waals surface area contributed by atoms with Gasteiger partial charge in [0.25, 0.3) is 0 Å². The molecule has 0 aliphatic rings. The molecule has 2 heteroatoms. The Hall–Kier alpha value is 0.674. The Bertz CT molecular complexity index is 15.0. The van der Waals surface area contributed by atoms with Gasteiger partial charge in [-0.3, -0.25) is 0 Å². The summed E-state index contributed by atoms with van der Waals surface area (Å²) in [5, 5.41) is 0. The molecule has 0 unspecified atom stereocenters. The number of hydrogen-bond acceptors (Lipinski definition) is 1. The predicted molar refractivity (Wildman–Crippen MR) is 22.2 cm³/mol. The van der Waals surface area contributed by atoms with Gasteiger partial charge in [-0.15, -0.1) is 0 Å². The minimum atomic E-state index is 0. The monoisotopic (exact) mass is 122 g/mol. The maximum Gasteiger partial charge on any atom is 0.0459 e. The SMILES string of the molecule is CCCOC.[Ti]. The molecule has 0 aromatic carbocycles. The van der Waals surface area contributed by atoms with Crippen LogP contribution in [0.4, 0.5) is 0 Å². The summed E-state index contributed by atoms with van der Waals surface area (Å²) in [5.74, 6) is 0. The van der Waals surface area contributed by atoms with E-state index in [2.05, 4.69) is 6.92 Å². The van der Waals surface area contributed by atoms with Gasteiger partial charge in [0.2, 0.25) is 0 Å². The molecule has 0 saturated carbocycles. The molecule has 0 N–H and O–H groups in total. The van der Waals surface area contributed by atoms with Crippen LogP contribution in [0.1, 0.15) is 13.3 Å². The zero-order valence-corrected chi connectivity index (χ0v) is 5.88. The van der Waals surface area contributed by atoms with Gasteiger partial charge >= 0.3 is 0 Å². The fraction of sp³-hybridized carbons (Fsp3) is 1.00. The average Bonchev–Trinajstić information content (AvgIpc) is 1.41. The van der Waals surface area contributed by atoms with Gasteiger partial charge in [-0.1, -0.05) is 6.92 Å². The zero-order chi connectivity index (χ0) is 4.12. The van der Waals surface area contributed by atoms with Crippen molar-refractivity contribution in [1.29, 1.82) is 0 Å². The molecule has 0 aliphatic carbocycles. The van der Waals surface area contributed by atoms with E-state index in [1.54, 1.807) is 7.11 Å². The van der Waals surface area contributed by atoms with Gasteiger partial charge in [0.15, 0.2) is 0 Å². The van der Waals surface area contributed by atoms with Crippen molar-refractivity contribution in [2.24, 2.45) is 0 Å². The maximum atomic E-state index is 4.69. The van der Waals surface area contributed by atoms with Gasteiger partial charge in [0, 0.05) is 35.4 Å². The van der Waals surface area contributed by atoms with Crippen LogP contribution in [0, 0.1) is 0 Å². The van der Waals surface area contributed by atoms with Crippen molar-refractivity contribution >= 4 is 0 Å². The molecule has 0 fully saturated rings. The molecule has 0 saturated heterocycles. The molecule has 6 heavy (non-hydrogen) atoms. The number of hydrogen-bond donors (Lipinski definition) is 0. The molecule has 0 aromatic rings. The average molecular weight is 122 g/mol. The van der Waals surface area contributed by atoms with E-state index in [0.717, 1.165) is 13.0 Å². The second kappa shape index (κ2) is 9.18. The molecule has 0 rings (SSSR count). The third kappa shape index (κ3) is 8.82. The molecular weight excluding hydrogens is 112 g/mol. The summed E-state index contributed by atoms with van der Waals surface area (Å²) in [5.41, 5.74) is 0. The zero-order valence-electron chi connectivity index (χ0n) is 4.32. The summed E-state index contributed by atoms with van der Waals surface area (Å²) in [4.78, 5) is 0. The summed E-state index contributed by atoms with van der Waals surface area (Å²) in [7, 11) is 1.71. The van der Waals surface area contributed by atoms with E-state index in [9.17, 15) is 0 Å². The van der Waals surface area contributed by atoms with Crippen LogP contribution in [0.25, 0.3) is 0 Å². The van der Waals surface area contributed by atoms with Gasteiger partial charge in [-0.25, -0.2) is 0 Å². The van der Waals surface area contributed by atoms with Crippen LogP contribution in [-0.2, 0) is 26.5 Å². The second-order valence-corrected chi connectivity index (χ2v) is 0.993. The van der Waals surface area contributed by atoms with Crippen LogP contribution in [0.15, 0.2) is 0 Å². The first-order chi connectivity index (χ1) is 2.41. The van der Waals surface area contributed by atoms with E-state index in [0.29, 0.717) is 0 Å². The summed E-state index contributed by atoms with van der Waals surface area (Å²) < 4.78 is 4.69. The van der Waals surface area contributed by atoms with E-state index in [1.165, 1.54) is 0 Å². The Labute approximate surface area is 54.0 Å². The minimum absolute atomic E-state index is 0. The van der Waals surface area contributed by atoms with Crippen LogP contribution in [-0.4, -0.2) is 13.7 Å². The van der Waals surface area contributed by atoms with Crippen LogP contribution in [0.5, 0.6) is 0 Å². The Balaban J connectivity index is 0. The van der Waals surface area contributed by atoms with Crippen LogP contribution in [0.3, 0.4) is 0 Å². The third-order valence-electron chi connectivity index (χ3n) is 0.408. The molecule has 36 valence electrons. The van der Waals surface area contributed by atoms with Crippen molar-refractivity contribution < 1.29 is 26.5 Å². The summed E-state index contributed by atoms with van der Waals surface area (Å²) in [6.45, 7) is 2.98. The number of ether oxygens (including phenoxy) is 1.